The van der Waals surface area contributed by atoms with Gasteiger partial charge >= 0.3 is 11.9 Å². The number of hydrogen-bond acceptors (Lipinski definition) is 7. The summed E-state index contributed by atoms with van der Waals surface area (Å²) < 4.78 is 10.5. The van der Waals surface area contributed by atoms with Crippen molar-refractivity contribution in [1.29, 1.82) is 0 Å². The quantitative estimate of drug-likeness (QED) is 0.329. The number of rotatable bonds is 17. The fourth-order valence-corrected chi connectivity index (χ4v) is 3.35. The first-order valence-electron chi connectivity index (χ1n) is 11.3. The first kappa shape index (κ1) is 28.8. The second kappa shape index (κ2) is 15.6. The second-order valence-electron chi connectivity index (χ2n) is 9.34. The molecule has 1 unspecified atom stereocenters. The van der Waals surface area contributed by atoms with Gasteiger partial charge in [0.05, 0.1) is 18.4 Å². The van der Waals surface area contributed by atoms with Crippen LogP contribution in [0.5, 0.6) is 0 Å². The number of hydrogen-bond donors (Lipinski definition) is 0. The monoisotopic (exact) mass is 429 g/mol. The zero-order chi connectivity index (χ0) is 23.2. The molecule has 0 rings (SSSR count). The van der Waals surface area contributed by atoms with Gasteiger partial charge in [0.15, 0.2) is 0 Å². The van der Waals surface area contributed by atoms with E-state index in [9.17, 15) is 9.59 Å². The minimum Gasteiger partial charge on any atom is -0.469 e. The van der Waals surface area contributed by atoms with E-state index in [-0.39, 0.29) is 17.9 Å². The Bertz CT molecular complexity index is 467. The van der Waals surface area contributed by atoms with E-state index in [4.69, 9.17) is 9.47 Å². The van der Waals surface area contributed by atoms with Gasteiger partial charge < -0.3 is 19.3 Å². The van der Waals surface area contributed by atoms with E-state index in [0.29, 0.717) is 25.9 Å². The molecule has 30 heavy (non-hydrogen) atoms. The van der Waals surface area contributed by atoms with Crippen molar-refractivity contribution < 1.29 is 19.1 Å². The summed E-state index contributed by atoms with van der Waals surface area (Å²) in [5.41, 5.74) is -0.585. The molecule has 0 aliphatic carbocycles. The van der Waals surface area contributed by atoms with Crippen molar-refractivity contribution in [1.82, 2.24) is 14.7 Å². The predicted octanol–water partition coefficient (Wildman–Crippen LogP) is 2.74. The minimum atomic E-state index is -0.585. The van der Waals surface area contributed by atoms with Crippen molar-refractivity contribution in [2.75, 3.05) is 74.6 Å². The largest absolute Gasteiger partial charge is 0.469 e. The maximum absolute atomic E-state index is 12.5. The van der Waals surface area contributed by atoms with Gasteiger partial charge in [-0.2, -0.15) is 0 Å². The average Bonchev–Trinajstić information content (AvgIpc) is 2.66. The summed E-state index contributed by atoms with van der Waals surface area (Å²) in [6.07, 6.45) is 4.15. The fraction of sp³-hybridized carbons (Fsp3) is 0.913. The third kappa shape index (κ3) is 13.2. The van der Waals surface area contributed by atoms with E-state index in [2.05, 4.69) is 42.9 Å². The van der Waals surface area contributed by atoms with E-state index >= 15 is 0 Å². The van der Waals surface area contributed by atoms with Crippen LogP contribution in [0.4, 0.5) is 0 Å². The van der Waals surface area contributed by atoms with Gasteiger partial charge in [0.1, 0.15) is 6.61 Å². The zero-order valence-corrected chi connectivity index (χ0v) is 20.8. The molecule has 0 heterocycles. The summed E-state index contributed by atoms with van der Waals surface area (Å²) in [5, 5.41) is 0. The molecule has 0 bridgehead atoms. The Morgan fingerprint density at radius 1 is 0.900 bits per heavy atom. The molecule has 0 radical (unpaired) electrons. The number of ether oxygens (including phenoxy) is 2. The molecule has 0 saturated carbocycles. The van der Waals surface area contributed by atoms with E-state index in [1.54, 1.807) is 0 Å². The molecule has 0 fully saturated rings. The molecule has 7 heteroatoms. The Morgan fingerprint density at radius 3 is 1.87 bits per heavy atom. The van der Waals surface area contributed by atoms with Gasteiger partial charge in [-0.1, -0.05) is 6.92 Å². The average molecular weight is 430 g/mol. The van der Waals surface area contributed by atoms with Crippen molar-refractivity contribution in [3.63, 3.8) is 0 Å². The molecular formula is C23H47N3O4. The first-order valence-corrected chi connectivity index (χ1v) is 11.3. The highest BCUT2D eigenvalue weighted by Crippen LogP contribution is 2.27. The first-order chi connectivity index (χ1) is 14.0. The molecule has 0 aromatic rings. The Morgan fingerprint density at radius 2 is 1.43 bits per heavy atom. The van der Waals surface area contributed by atoms with Crippen LogP contribution in [0, 0.1) is 11.3 Å². The van der Waals surface area contributed by atoms with Crippen molar-refractivity contribution >= 4 is 11.9 Å². The van der Waals surface area contributed by atoms with Crippen molar-refractivity contribution in [2.24, 2.45) is 11.3 Å². The highest BCUT2D eigenvalue weighted by molar-refractivity contribution is 5.76. The molecule has 0 spiro atoms. The molecule has 0 aromatic carbocycles. The van der Waals surface area contributed by atoms with Gasteiger partial charge in [0.2, 0.25) is 0 Å². The molecule has 0 N–H and O–H groups in total. The van der Waals surface area contributed by atoms with Crippen LogP contribution in [-0.2, 0) is 19.1 Å². The Kier molecular flexibility index (Phi) is 15.0. The van der Waals surface area contributed by atoms with Crippen LogP contribution >= 0.6 is 0 Å². The summed E-state index contributed by atoms with van der Waals surface area (Å²) in [6, 6.07) is 0. The number of esters is 2. The Labute approximate surface area is 185 Å². The maximum atomic E-state index is 12.5. The molecule has 0 aliphatic heterocycles. The summed E-state index contributed by atoms with van der Waals surface area (Å²) in [6.45, 7) is 11.0. The third-order valence-corrected chi connectivity index (χ3v) is 5.49. The molecular weight excluding hydrogens is 382 g/mol. The van der Waals surface area contributed by atoms with Crippen LogP contribution in [0.25, 0.3) is 0 Å². The Hall–Kier alpha value is -1.18. The molecule has 1 atom stereocenters. The van der Waals surface area contributed by atoms with Crippen LogP contribution in [0.2, 0.25) is 0 Å². The zero-order valence-electron chi connectivity index (χ0n) is 20.8. The van der Waals surface area contributed by atoms with Crippen LogP contribution in [0.1, 0.15) is 52.9 Å². The normalized spacial score (nSPS) is 13.2. The molecule has 178 valence electrons. The van der Waals surface area contributed by atoms with Gasteiger partial charge in [-0.3, -0.25) is 14.5 Å². The minimum absolute atomic E-state index is 0.153. The Balaban J connectivity index is 4.50. The predicted molar refractivity (Wildman–Crippen MR) is 123 cm³/mol. The molecule has 0 saturated heterocycles. The van der Waals surface area contributed by atoms with E-state index in [0.717, 1.165) is 45.6 Å². The third-order valence-electron chi connectivity index (χ3n) is 5.49. The number of carbonyl (C=O) groups is 2. The highest BCUT2D eigenvalue weighted by atomic mass is 16.5. The summed E-state index contributed by atoms with van der Waals surface area (Å²) >= 11 is 0. The summed E-state index contributed by atoms with van der Waals surface area (Å²) in [4.78, 5) is 31.2. The lowest BCUT2D eigenvalue weighted by molar-refractivity contribution is -0.154. The molecule has 0 amide bonds. The topological polar surface area (TPSA) is 62.3 Å². The van der Waals surface area contributed by atoms with Gasteiger partial charge in [-0.05, 0) is 100 Å². The fourth-order valence-electron chi connectivity index (χ4n) is 3.35. The molecule has 7 nitrogen and oxygen atoms in total. The van der Waals surface area contributed by atoms with E-state index in [1.165, 1.54) is 7.11 Å². The number of methoxy groups -OCH3 is 1. The lowest BCUT2D eigenvalue weighted by atomic mass is 9.84. The SMILES string of the molecule is CCC(CCC(C)(C)C(=O)OC)C(=O)OCCN(CCCN(C)C)CCCN(C)C. The summed E-state index contributed by atoms with van der Waals surface area (Å²) in [5.74, 6) is -0.568. The van der Waals surface area contributed by atoms with Crippen molar-refractivity contribution in [2.45, 2.75) is 52.9 Å². The van der Waals surface area contributed by atoms with Crippen molar-refractivity contribution in [3.05, 3.63) is 0 Å². The van der Waals surface area contributed by atoms with Gasteiger partial charge in [-0.15, -0.1) is 0 Å². The standard InChI is InChI=1S/C23H47N3O4/c1-9-20(12-13-23(2,3)22(28)29-8)21(27)30-19-18-26(16-10-14-24(4)5)17-11-15-25(6)7/h20H,9-19H2,1-8H3. The van der Waals surface area contributed by atoms with Gasteiger partial charge in [0.25, 0.3) is 0 Å². The van der Waals surface area contributed by atoms with Gasteiger partial charge in [-0.25, -0.2) is 0 Å². The maximum Gasteiger partial charge on any atom is 0.311 e. The van der Waals surface area contributed by atoms with Crippen LogP contribution in [-0.4, -0.2) is 101 Å². The van der Waals surface area contributed by atoms with Gasteiger partial charge in [0, 0.05) is 6.54 Å². The van der Waals surface area contributed by atoms with E-state index in [1.807, 2.05) is 20.8 Å². The smallest absolute Gasteiger partial charge is 0.311 e. The lowest BCUT2D eigenvalue weighted by Gasteiger charge is -2.25. The number of nitrogens with zero attached hydrogens (tertiary/aromatic N) is 3. The summed E-state index contributed by atoms with van der Waals surface area (Å²) in [7, 11) is 9.75. The molecule has 0 aromatic heterocycles. The van der Waals surface area contributed by atoms with E-state index < -0.39 is 5.41 Å². The van der Waals surface area contributed by atoms with Crippen LogP contribution < -0.4 is 0 Å². The lowest BCUT2D eigenvalue weighted by Crippen LogP contribution is -2.34. The number of carbonyl (C=O) groups excluding carboxylic acids is 2. The second-order valence-corrected chi connectivity index (χ2v) is 9.34. The van der Waals surface area contributed by atoms with Crippen LogP contribution in [0.15, 0.2) is 0 Å². The molecule has 0 aliphatic rings. The van der Waals surface area contributed by atoms with Crippen LogP contribution in [0.3, 0.4) is 0 Å². The van der Waals surface area contributed by atoms with Crippen molar-refractivity contribution in [3.8, 4) is 0 Å². The highest BCUT2D eigenvalue weighted by Gasteiger charge is 2.31.